The van der Waals surface area contributed by atoms with Gasteiger partial charge in [-0.05, 0) is 44.9 Å². The van der Waals surface area contributed by atoms with E-state index in [4.69, 9.17) is 9.47 Å². The van der Waals surface area contributed by atoms with Crippen molar-refractivity contribution in [2.45, 2.75) is 213 Å². The lowest BCUT2D eigenvalue weighted by atomic mass is 10.0. The first-order valence-electron chi connectivity index (χ1n) is 21.2. The first-order chi connectivity index (χ1) is 24.2. The molecular formula is C45H82O4. The number of aliphatic hydroxyl groups excluding tert-OH is 1. The van der Waals surface area contributed by atoms with Crippen molar-refractivity contribution in [3.05, 3.63) is 48.6 Å². The van der Waals surface area contributed by atoms with Crippen LogP contribution < -0.4 is 0 Å². The topological polar surface area (TPSA) is 55.8 Å². The van der Waals surface area contributed by atoms with Gasteiger partial charge in [0.2, 0.25) is 0 Å². The zero-order valence-electron chi connectivity index (χ0n) is 32.7. The van der Waals surface area contributed by atoms with Crippen LogP contribution in [-0.4, -0.2) is 37.0 Å². The summed E-state index contributed by atoms with van der Waals surface area (Å²) >= 11 is 0. The van der Waals surface area contributed by atoms with Gasteiger partial charge in [0.25, 0.3) is 0 Å². The largest absolute Gasteiger partial charge is 0.457 e. The Bertz CT molecular complexity index is 768. The van der Waals surface area contributed by atoms with Crippen LogP contribution in [0.15, 0.2) is 48.6 Å². The van der Waals surface area contributed by atoms with Crippen molar-refractivity contribution in [2.24, 2.45) is 0 Å². The SMILES string of the molecule is CC/C=C\C/C=C\C/C=C\C/C=C\CCCOCC(CO)OC(=O)CCCCCCCCCCCCCCCCCCCCCCCCC. The van der Waals surface area contributed by atoms with Crippen LogP contribution in [0.2, 0.25) is 0 Å². The van der Waals surface area contributed by atoms with Gasteiger partial charge in [-0.25, -0.2) is 0 Å². The summed E-state index contributed by atoms with van der Waals surface area (Å²) in [7, 11) is 0. The molecule has 0 aromatic heterocycles. The fourth-order valence-electron chi connectivity index (χ4n) is 6.04. The third kappa shape index (κ3) is 40.7. The van der Waals surface area contributed by atoms with Gasteiger partial charge in [0.1, 0.15) is 6.10 Å². The smallest absolute Gasteiger partial charge is 0.306 e. The molecule has 4 nitrogen and oxygen atoms in total. The van der Waals surface area contributed by atoms with Crippen LogP contribution in [0.25, 0.3) is 0 Å². The van der Waals surface area contributed by atoms with E-state index in [0.717, 1.165) is 51.4 Å². The highest BCUT2D eigenvalue weighted by Crippen LogP contribution is 2.16. The van der Waals surface area contributed by atoms with Gasteiger partial charge < -0.3 is 14.6 Å². The quantitative estimate of drug-likeness (QED) is 0.0397. The second-order valence-electron chi connectivity index (χ2n) is 14.0. The predicted molar refractivity (Wildman–Crippen MR) is 214 cm³/mol. The number of unbranched alkanes of at least 4 members (excludes halogenated alkanes) is 23. The molecule has 49 heavy (non-hydrogen) atoms. The Morgan fingerprint density at radius 3 is 1.31 bits per heavy atom. The molecule has 0 aromatic carbocycles. The van der Waals surface area contributed by atoms with E-state index in [-0.39, 0.29) is 19.2 Å². The summed E-state index contributed by atoms with van der Waals surface area (Å²) < 4.78 is 11.1. The average Bonchev–Trinajstić information content (AvgIpc) is 3.11. The Labute approximate surface area is 305 Å². The van der Waals surface area contributed by atoms with E-state index in [1.165, 1.54) is 135 Å². The molecule has 0 aliphatic heterocycles. The van der Waals surface area contributed by atoms with Gasteiger partial charge in [-0.1, -0.05) is 204 Å². The fourth-order valence-corrected chi connectivity index (χ4v) is 6.04. The van der Waals surface area contributed by atoms with Crippen LogP contribution >= 0.6 is 0 Å². The van der Waals surface area contributed by atoms with Crippen LogP contribution in [0.4, 0.5) is 0 Å². The maximum Gasteiger partial charge on any atom is 0.306 e. The van der Waals surface area contributed by atoms with Crippen molar-refractivity contribution in [2.75, 3.05) is 19.8 Å². The molecule has 0 aliphatic carbocycles. The van der Waals surface area contributed by atoms with Gasteiger partial charge in [0.15, 0.2) is 0 Å². The number of carbonyl (C=O) groups excluding carboxylic acids is 1. The number of hydrogen-bond acceptors (Lipinski definition) is 4. The number of esters is 1. The van der Waals surface area contributed by atoms with Crippen LogP contribution in [0.5, 0.6) is 0 Å². The molecule has 0 rings (SSSR count). The Morgan fingerprint density at radius 2 is 0.898 bits per heavy atom. The lowest BCUT2D eigenvalue weighted by Crippen LogP contribution is -2.27. The van der Waals surface area contributed by atoms with E-state index in [2.05, 4.69) is 62.5 Å². The monoisotopic (exact) mass is 687 g/mol. The molecule has 0 saturated heterocycles. The third-order valence-corrected chi connectivity index (χ3v) is 9.17. The van der Waals surface area contributed by atoms with Crippen LogP contribution in [0.1, 0.15) is 206 Å². The second kappa shape index (κ2) is 42.5. The summed E-state index contributed by atoms with van der Waals surface area (Å²) in [5.74, 6) is -0.217. The number of allylic oxidation sites excluding steroid dienone is 8. The fraction of sp³-hybridized carbons (Fsp3) is 0.800. The van der Waals surface area contributed by atoms with Crippen molar-refractivity contribution < 1.29 is 19.4 Å². The molecule has 0 fully saturated rings. The third-order valence-electron chi connectivity index (χ3n) is 9.17. The van der Waals surface area contributed by atoms with E-state index in [0.29, 0.717) is 13.0 Å². The lowest BCUT2D eigenvalue weighted by Gasteiger charge is -2.15. The molecule has 0 aliphatic rings. The number of rotatable bonds is 39. The van der Waals surface area contributed by atoms with Gasteiger partial charge in [-0.3, -0.25) is 4.79 Å². The average molecular weight is 687 g/mol. The summed E-state index contributed by atoms with van der Waals surface area (Å²) in [6.07, 6.45) is 54.8. The van der Waals surface area contributed by atoms with Gasteiger partial charge in [0.05, 0.1) is 13.2 Å². The Balaban J connectivity index is 3.43. The molecule has 0 radical (unpaired) electrons. The van der Waals surface area contributed by atoms with Crippen LogP contribution in [0.3, 0.4) is 0 Å². The Kier molecular flexibility index (Phi) is 41.1. The minimum atomic E-state index is -0.561. The Morgan fingerprint density at radius 1 is 0.510 bits per heavy atom. The number of carbonyl (C=O) groups is 1. The summed E-state index contributed by atoms with van der Waals surface area (Å²) in [6.45, 7) is 5.12. The van der Waals surface area contributed by atoms with E-state index in [1.54, 1.807) is 0 Å². The Hall–Kier alpha value is -1.65. The standard InChI is InChI=1S/C45H82O4/c1-3-5-7-9-11-13-15-17-19-20-21-22-23-24-25-26-27-28-30-32-34-36-38-40-45(47)49-44(42-46)43-48-41-39-37-35-33-31-29-18-16-14-12-10-8-6-4-2/h6,8,12,14,18,29,33,35,44,46H,3-5,7,9-11,13,15-17,19-28,30-32,34,36-43H2,1-2H3/b8-6-,14-12-,29-18-,35-33-. The molecule has 0 bridgehead atoms. The highest BCUT2D eigenvalue weighted by molar-refractivity contribution is 5.69. The van der Waals surface area contributed by atoms with E-state index in [9.17, 15) is 9.90 Å². The minimum Gasteiger partial charge on any atom is -0.457 e. The zero-order chi connectivity index (χ0) is 35.6. The number of ether oxygens (including phenoxy) is 2. The molecular weight excluding hydrogens is 604 g/mol. The summed E-state index contributed by atoms with van der Waals surface area (Å²) in [6, 6.07) is 0. The van der Waals surface area contributed by atoms with E-state index >= 15 is 0 Å². The van der Waals surface area contributed by atoms with Gasteiger partial charge in [-0.2, -0.15) is 0 Å². The van der Waals surface area contributed by atoms with E-state index in [1.807, 2.05) is 0 Å². The van der Waals surface area contributed by atoms with Crippen molar-refractivity contribution in [1.82, 2.24) is 0 Å². The maximum absolute atomic E-state index is 12.2. The van der Waals surface area contributed by atoms with Crippen LogP contribution in [-0.2, 0) is 14.3 Å². The molecule has 286 valence electrons. The molecule has 1 atom stereocenters. The number of hydrogen-bond donors (Lipinski definition) is 1. The normalized spacial score (nSPS) is 12.8. The molecule has 1 N–H and O–H groups in total. The minimum absolute atomic E-state index is 0.192. The summed E-state index contributed by atoms with van der Waals surface area (Å²) in [4.78, 5) is 12.2. The van der Waals surface area contributed by atoms with E-state index < -0.39 is 6.10 Å². The highest BCUT2D eigenvalue weighted by Gasteiger charge is 2.13. The number of aliphatic hydroxyl groups is 1. The zero-order valence-corrected chi connectivity index (χ0v) is 32.7. The van der Waals surface area contributed by atoms with Crippen molar-refractivity contribution in [3.63, 3.8) is 0 Å². The van der Waals surface area contributed by atoms with Gasteiger partial charge in [-0.15, -0.1) is 0 Å². The second-order valence-corrected chi connectivity index (χ2v) is 14.0. The first kappa shape index (κ1) is 47.4. The van der Waals surface area contributed by atoms with Crippen molar-refractivity contribution in [1.29, 1.82) is 0 Å². The molecule has 0 heterocycles. The molecule has 0 aromatic rings. The first-order valence-corrected chi connectivity index (χ1v) is 21.2. The highest BCUT2D eigenvalue weighted by atomic mass is 16.6. The maximum atomic E-state index is 12.2. The molecule has 4 heteroatoms. The molecule has 0 saturated carbocycles. The molecule has 0 amide bonds. The molecule has 1 unspecified atom stereocenters. The van der Waals surface area contributed by atoms with Gasteiger partial charge in [0, 0.05) is 13.0 Å². The van der Waals surface area contributed by atoms with Crippen LogP contribution in [0, 0.1) is 0 Å². The predicted octanol–water partition coefficient (Wildman–Crippen LogP) is 13.9. The van der Waals surface area contributed by atoms with Crippen molar-refractivity contribution >= 4 is 5.97 Å². The van der Waals surface area contributed by atoms with Gasteiger partial charge >= 0.3 is 5.97 Å². The summed E-state index contributed by atoms with van der Waals surface area (Å²) in [5, 5.41) is 9.58. The van der Waals surface area contributed by atoms with Crippen molar-refractivity contribution in [3.8, 4) is 0 Å². The lowest BCUT2D eigenvalue weighted by molar-refractivity contribution is -0.154. The molecule has 0 spiro atoms. The summed E-state index contributed by atoms with van der Waals surface area (Å²) in [5.41, 5.74) is 0.